The molecule has 1 rings (SSSR count). The maximum absolute atomic E-state index is 12.4. The summed E-state index contributed by atoms with van der Waals surface area (Å²) in [5, 5.41) is 15.4. The molecule has 11 heteroatoms. The van der Waals surface area contributed by atoms with E-state index >= 15 is 0 Å². The zero-order valence-corrected chi connectivity index (χ0v) is 15.0. The van der Waals surface area contributed by atoms with Gasteiger partial charge in [0, 0.05) is 6.42 Å². The Morgan fingerprint density at radius 2 is 1.61 bits per heavy atom. The second kappa shape index (κ2) is 11.3. The molecular weight excluding hydrogens is 370 g/mol. The molecule has 0 saturated heterocycles. The number of amides is 4. The highest BCUT2D eigenvalue weighted by molar-refractivity contribution is 5.93. The molecule has 2 atom stereocenters. The van der Waals surface area contributed by atoms with E-state index in [9.17, 15) is 24.0 Å². The SMILES string of the molecule is NC(=O)CC(N)C(=O)NC(Cc1ccccc1)C(=O)NCC(=O)NCC(=O)O. The average molecular weight is 393 g/mol. The van der Waals surface area contributed by atoms with Crippen molar-refractivity contribution in [3.05, 3.63) is 35.9 Å². The molecule has 8 N–H and O–H groups in total. The van der Waals surface area contributed by atoms with Crippen LogP contribution in [0.2, 0.25) is 0 Å². The molecule has 0 spiro atoms. The third kappa shape index (κ3) is 8.76. The summed E-state index contributed by atoms with van der Waals surface area (Å²) < 4.78 is 0. The maximum atomic E-state index is 12.4. The van der Waals surface area contributed by atoms with E-state index < -0.39 is 54.8 Å². The molecule has 0 aliphatic carbocycles. The largest absolute Gasteiger partial charge is 0.480 e. The van der Waals surface area contributed by atoms with E-state index in [1.165, 1.54) is 0 Å². The van der Waals surface area contributed by atoms with Crippen molar-refractivity contribution in [3.63, 3.8) is 0 Å². The fraction of sp³-hybridized carbons (Fsp3) is 0.353. The molecule has 11 nitrogen and oxygen atoms in total. The highest BCUT2D eigenvalue weighted by Crippen LogP contribution is 2.04. The summed E-state index contributed by atoms with van der Waals surface area (Å²) in [7, 11) is 0. The van der Waals surface area contributed by atoms with Gasteiger partial charge in [-0.15, -0.1) is 0 Å². The van der Waals surface area contributed by atoms with Crippen molar-refractivity contribution in [2.45, 2.75) is 24.9 Å². The van der Waals surface area contributed by atoms with Crippen LogP contribution in [0.5, 0.6) is 0 Å². The first-order chi connectivity index (χ1) is 13.2. The Bertz CT molecular complexity index is 724. The van der Waals surface area contributed by atoms with Crippen LogP contribution in [0.1, 0.15) is 12.0 Å². The molecule has 0 saturated carbocycles. The number of aliphatic carboxylic acids is 1. The number of carboxylic acid groups (broad SMARTS) is 1. The first-order valence-electron chi connectivity index (χ1n) is 8.33. The standard InChI is InChI=1S/C17H23N5O6/c18-11(7-13(19)23)16(27)22-12(6-10-4-2-1-3-5-10)17(28)21-8-14(24)20-9-15(25)26/h1-5,11-12H,6-9,18H2,(H2,19,23)(H,20,24)(H,21,28)(H,22,27)(H,25,26). The van der Waals surface area contributed by atoms with Gasteiger partial charge in [0.1, 0.15) is 12.6 Å². The Balaban J connectivity index is 2.74. The lowest BCUT2D eigenvalue weighted by Crippen LogP contribution is -2.54. The molecule has 28 heavy (non-hydrogen) atoms. The quantitative estimate of drug-likeness (QED) is 0.234. The third-order valence-electron chi connectivity index (χ3n) is 3.53. The van der Waals surface area contributed by atoms with Crippen LogP contribution in [0.3, 0.4) is 0 Å². The molecule has 0 heterocycles. The van der Waals surface area contributed by atoms with Gasteiger partial charge in [0.05, 0.1) is 19.0 Å². The molecule has 0 bridgehead atoms. The van der Waals surface area contributed by atoms with E-state index in [2.05, 4.69) is 16.0 Å². The molecule has 152 valence electrons. The number of hydrogen-bond donors (Lipinski definition) is 6. The smallest absolute Gasteiger partial charge is 0.322 e. The van der Waals surface area contributed by atoms with Crippen LogP contribution in [0.15, 0.2) is 30.3 Å². The van der Waals surface area contributed by atoms with Gasteiger partial charge in [-0.3, -0.25) is 24.0 Å². The molecule has 1 aromatic rings. The number of hydrogen-bond acceptors (Lipinski definition) is 6. The number of nitrogens with two attached hydrogens (primary N) is 2. The Hall–Kier alpha value is -3.47. The Morgan fingerprint density at radius 1 is 0.964 bits per heavy atom. The lowest BCUT2D eigenvalue weighted by molar-refractivity contribution is -0.138. The predicted octanol–water partition coefficient (Wildman–Crippen LogP) is -2.77. The van der Waals surface area contributed by atoms with Gasteiger partial charge in [0.2, 0.25) is 23.6 Å². The molecule has 0 aliphatic rings. The van der Waals surface area contributed by atoms with Crippen LogP contribution in [-0.2, 0) is 30.4 Å². The van der Waals surface area contributed by atoms with Crippen LogP contribution in [0, 0.1) is 0 Å². The summed E-state index contributed by atoms with van der Waals surface area (Å²) in [6.45, 7) is -1.05. The summed E-state index contributed by atoms with van der Waals surface area (Å²) in [4.78, 5) is 57.4. The summed E-state index contributed by atoms with van der Waals surface area (Å²) in [6, 6.07) is 6.50. The molecule has 0 fully saturated rings. The van der Waals surface area contributed by atoms with E-state index in [1.54, 1.807) is 30.3 Å². The fourth-order valence-electron chi connectivity index (χ4n) is 2.17. The minimum Gasteiger partial charge on any atom is -0.480 e. The third-order valence-corrected chi connectivity index (χ3v) is 3.53. The molecule has 1 aromatic carbocycles. The first kappa shape index (κ1) is 22.6. The normalized spacial score (nSPS) is 12.3. The summed E-state index contributed by atoms with van der Waals surface area (Å²) in [5.74, 6) is -4.11. The summed E-state index contributed by atoms with van der Waals surface area (Å²) in [6.07, 6.45) is -0.276. The highest BCUT2D eigenvalue weighted by Gasteiger charge is 2.25. The van der Waals surface area contributed by atoms with E-state index in [1.807, 2.05) is 0 Å². The van der Waals surface area contributed by atoms with E-state index in [0.29, 0.717) is 0 Å². The lowest BCUT2D eigenvalue weighted by Gasteiger charge is -2.20. The van der Waals surface area contributed by atoms with Crippen molar-refractivity contribution in [1.82, 2.24) is 16.0 Å². The highest BCUT2D eigenvalue weighted by atomic mass is 16.4. The van der Waals surface area contributed by atoms with Gasteiger partial charge < -0.3 is 32.5 Å². The van der Waals surface area contributed by atoms with E-state index in [4.69, 9.17) is 16.6 Å². The average Bonchev–Trinajstić information content (AvgIpc) is 2.64. The molecular formula is C17H23N5O6. The Morgan fingerprint density at radius 3 is 2.18 bits per heavy atom. The minimum atomic E-state index is -1.22. The first-order valence-corrected chi connectivity index (χ1v) is 8.33. The second-order valence-electron chi connectivity index (χ2n) is 5.92. The van der Waals surface area contributed by atoms with E-state index in [-0.39, 0.29) is 12.8 Å². The monoisotopic (exact) mass is 393 g/mol. The van der Waals surface area contributed by atoms with Gasteiger partial charge in [-0.1, -0.05) is 30.3 Å². The van der Waals surface area contributed by atoms with Gasteiger partial charge in [-0.05, 0) is 5.56 Å². The number of carbonyl (C=O) groups is 5. The molecule has 0 radical (unpaired) electrons. The fourth-order valence-corrected chi connectivity index (χ4v) is 2.17. The summed E-state index contributed by atoms with van der Waals surface area (Å²) in [5.41, 5.74) is 11.3. The van der Waals surface area contributed by atoms with Crippen molar-refractivity contribution in [3.8, 4) is 0 Å². The van der Waals surface area contributed by atoms with Gasteiger partial charge in [-0.25, -0.2) is 0 Å². The maximum Gasteiger partial charge on any atom is 0.322 e. The van der Waals surface area contributed by atoms with Crippen molar-refractivity contribution in [2.24, 2.45) is 11.5 Å². The molecule has 0 aliphatic heterocycles. The van der Waals surface area contributed by atoms with Gasteiger partial charge >= 0.3 is 5.97 Å². The van der Waals surface area contributed by atoms with Crippen molar-refractivity contribution in [1.29, 1.82) is 0 Å². The number of primary amides is 1. The van der Waals surface area contributed by atoms with Crippen molar-refractivity contribution < 1.29 is 29.1 Å². The Kier molecular flexibility index (Phi) is 9.10. The van der Waals surface area contributed by atoms with Gasteiger partial charge in [0.25, 0.3) is 0 Å². The van der Waals surface area contributed by atoms with Crippen LogP contribution in [-0.4, -0.2) is 59.9 Å². The van der Waals surface area contributed by atoms with E-state index in [0.717, 1.165) is 5.56 Å². The lowest BCUT2D eigenvalue weighted by atomic mass is 10.0. The van der Waals surface area contributed by atoms with Crippen molar-refractivity contribution in [2.75, 3.05) is 13.1 Å². The number of carboxylic acids is 1. The minimum absolute atomic E-state index is 0.110. The van der Waals surface area contributed by atoms with Crippen LogP contribution in [0.4, 0.5) is 0 Å². The number of benzene rings is 1. The number of rotatable bonds is 11. The van der Waals surface area contributed by atoms with Crippen LogP contribution in [0.25, 0.3) is 0 Å². The zero-order valence-electron chi connectivity index (χ0n) is 15.0. The topological polar surface area (TPSA) is 194 Å². The second-order valence-corrected chi connectivity index (χ2v) is 5.92. The molecule has 2 unspecified atom stereocenters. The van der Waals surface area contributed by atoms with Gasteiger partial charge in [0.15, 0.2) is 0 Å². The zero-order chi connectivity index (χ0) is 21.1. The molecule has 0 aromatic heterocycles. The number of carbonyl (C=O) groups excluding carboxylic acids is 4. The Labute approximate surface area is 160 Å². The van der Waals surface area contributed by atoms with Crippen molar-refractivity contribution >= 4 is 29.6 Å². The summed E-state index contributed by atoms with van der Waals surface area (Å²) >= 11 is 0. The number of nitrogens with one attached hydrogen (secondary N) is 3. The predicted molar refractivity (Wildman–Crippen MR) is 97.5 cm³/mol. The van der Waals surface area contributed by atoms with Gasteiger partial charge in [-0.2, -0.15) is 0 Å². The molecule has 4 amide bonds. The van der Waals surface area contributed by atoms with Crippen LogP contribution >= 0.6 is 0 Å². The van der Waals surface area contributed by atoms with Crippen LogP contribution < -0.4 is 27.4 Å².